The number of amides is 1. The van der Waals surface area contributed by atoms with E-state index in [4.69, 9.17) is 26.6 Å². The van der Waals surface area contributed by atoms with Crippen LogP contribution in [0.2, 0.25) is 0 Å². The molecule has 10 heteroatoms. The minimum atomic E-state index is -1.75. The largest absolute Gasteiger partial charge is 0.478 e. The van der Waals surface area contributed by atoms with Gasteiger partial charge in [0.15, 0.2) is 6.10 Å². The number of alkyl halides is 1. The van der Waals surface area contributed by atoms with Gasteiger partial charge < -0.3 is 35.6 Å². The topological polar surface area (TPSA) is 157 Å². The number of aliphatic carboxylic acids is 1. The number of hydrogen-bond acceptors (Lipinski definition) is 7. The molecule has 0 saturated heterocycles. The van der Waals surface area contributed by atoms with Crippen molar-refractivity contribution >= 4 is 23.5 Å². The minimum absolute atomic E-state index is 0.647. The van der Waals surface area contributed by atoms with Crippen LogP contribution in [0.1, 0.15) is 6.92 Å². The zero-order chi connectivity index (χ0) is 17.0. The highest BCUT2D eigenvalue weighted by atomic mass is 35.5. The van der Waals surface area contributed by atoms with Crippen LogP contribution in [0.3, 0.4) is 0 Å². The van der Waals surface area contributed by atoms with Gasteiger partial charge in [-0.1, -0.05) is 0 Å². The van der Waals surface area contributed by atoms with Crippen molar-refractivity contribution < 1.29 is 39.9 Å². The molecule has 6 atom stereocenters. The molecule has 2 unspecified atom stereocenters. The predicted molar refractivity (Wildman–Crippen MR) is 72.9 cm³/mol. The van der Waals surface area contributed by atoms with Gasteiger partial charge in [0, 0.05) is 0 Å². The van der Waals surface area contributed by atoms with Gasteiger partial charge in [-0.3, -0.25) is 4.79 Å². The molecule has 0 aromatic rings. The molecule has 1 aliphatic rings. The molecule has 126 valence electrons. The Labute approximate surface area is 130 Å². The fraction of sp³-hybridized carbons (Fsp3) is 0.667. The van der Waals surface area contributed by atoms with Crippen molar-refractivity contribution in [3.8, 4) is 0 Å². The second kappa shape index (κ2) is 7.75. The number of aliphatic hydroxyl groups excluding tert-OH is 4. The van der Waals surface area contributed by atoms with Crippen LogP contribution in [0.15, 0.2) is 11.8 Å². The maximum absolute atomic E-state index is 11.6. The van der Waals surface area contributed by atoms with Gasteiger partial charge in [-0.15, -0.1) is 11.6 Å². The third-order valence-electron chi connectivity index (χ3n) is 3.11. The lowest BCUT2D eigenvalue weighted by Gasteiger charge is -2.38. The lowest BCUT2D eigenvalue weighted by Crippen LogP contribution is -2.60. The Hall–Kier alpha value is -1.39. The van der Waals surface area contributed by atoms with E-state index in [0.29, 0.717) is 0 Å². The number of carboxylic acids is 1. The van der Waals surface area contributed by atoms with Crippen molar-refractivity contribution in [3.05, 3.63) is 11.8 Å². The molecule has 0 aromatic heterocycles. The third-order valence-corrected chi connectivity index (χ3v) is 3.30. The van der Waals surface area contributed by atoms with Gasteiger partial charge in [0.2, 0.25) is 11.7 Å². The van der Waals surface area contributed by atoms with E-state index in [9.17, 15) is 24.9 Å². The van der Waals surface area contributed by atoms with Gasteiger partial charge in [-0.05, 0) is 13.0 Å². The highest BCUT2D eigenvalue weighted by molar-refractivity contribution is 6.30. The molecule has 1 heterocycles. The molecular weight excluding hydrogens is 322 g/mol. The van der Waals surface area contributed by atoms with Gasteiger partial charge in [-0.2, -0.15) is 0 Å². The molecule has 0 aliphatic carbocycles. The van der Waals surface area contributed by atoms with E-state index >= 15 is 0 Å². The second-order valence-electron chi connectivity index (χ2n) is 4.80. The van der Waals surface area contributed by atoms with Crippen molar-refractivity contribution in [2.75, 3.05) is 6.61 Å². The number of carboxylic acid groups (broad SMARTS) is 1. The number of aliphatic hydroxyl groups is 4. The van der Waals surface area contributed by atoms with Gasteiger partial charge >= 0.3 is 5.97 Å². The first kappa shape index (κ1) is 18.7. The predicted octanol–water partition coefficient (Wildman–Crippen LogP) is -2.46. The molecule has 1 amide bonds. The first-order chi connectivity index (χ1) is 10.2. The highest BCUT2D eigenvalue weighted by Gasteiger charge is 2.43. The fourth-order valence-electron chi connectivity index (χ4n) is 1.89. The van der Waals surface area contributed by atoms with Gasteiger partial charge in [0.05, 0.1) is 12.6 Å². The van der Waals surface area contributed by atoms with E-state index in [2.05, 4.69) is 5.32 Å². The van der Waals surface area contributed by atoms with Crippen molar-refractivity contribution in [1.29, 1.82) is 0 Å². The Morgan fingerprint density at radius 1 is 1.45 bits per heavy atom. The zero-order valence-corrected chi connectivity index (χ0v) is 12.3. The number of halogens is 1. The summed E-state index contributed by atoms with van der Waals surface area (Å²) in [5.41, 5.74) is 0. The maximum atomic E-state index is 11.6. The average molecular weight is 340 g/mol. The summed E-state index contributed by atoms with van der Waals surface area (Å²) < 4.78 is 5.02. The molecule has 1 rings (SSSR count). The quantitative estimate of drug-likeness (QED) is 0.291. The molecule has 0 bridgehead atoms. The molecule has 0 saturated carbocycles. The van der Waals surface area contributed by atoms with Crippen molar-refractivity contribution in [2.24, 2.45) is 0 Å². The molecule has 0 fully saturated rings. The molecule has 0 radical (unpaired) electrons. The number of carbonyl (C=O) groups excluding carboxylic acids is 1. The third kappa shape index (κ3) is 4.31. The van der Waals surface area contributed by atoms with Crippen LogP contribution >= 0.6 is 11.6 Å². The summed E-state index contributed by atoms with van der Waals surface area (Å²) in [6.45, 7) is 0.551. The molecular formula is C12H18ClNO8. The first-order valence-corrected chi connectivity index (χ1v) is 6.84. The minimum Gasteiger partial charge on any atom is -0.478 e. The van der Waals surface area contributed by atoms with Crippen LogP contribution in [-0.4, -0.2) is 79.9 Å². The van der Waals surface area contributed by atoms with Gasteiger partial charge in [0.25, 0.3) is 0 Å². The number of carbonyl (C=O) groups is 2. The molecule has 6 N–H and O–H groups in total. The monoisotopic (exact) mass is 339 g/mol. The van der Waals surface area contributed by atoms with Crippen molar-refractivity contribution in [2.45, 2.75) is 42.8 Å². The lowest BCUT2D eigenvalue weighted by atomic mass is 9.93. The van der Waals surface area contributed by atoms with Crippen LogP contribution in [0.4, 0.5) is 0 Å². The van der Waals surface area contributed by atoms with Crippen LogP contribution < -0.4 is 5.32 Å². The van der Waals surface area contributed by atoms with Crippen LogP contribution in [-0.2, 0) is 14.3 Å². The van der Waals surface area contributed by atoms with E-state index in [1.165, 1.54) is 6.92 Å². The summed E-state index contributed by atoms with van der Waals surface area (Å²) in [5.74, 6) is -2.83. The summed E-state index contributed by atoms with van der Waals surface area (Å²) in [5, 5.41) is 48.5. The molecule has 0 spiro atoms. The second-order valence-corrected chi connectivity index (χ2v) is 5.45. The van der Waals surface area contributed by atoms with E-state index in [0.717, 1.165) is 6.08 Å². The molecule has 9 nitrogen and oxygen atoms in total. The van der Waals surface area contributed by atoms with Gasteiger partial charge in [0.1, 0.15) is 23.7 Å². The Bertz CT molecular complexity index is 454. The maximum Gasteiger partial charge on any atom is 0.370 e. The number of nitrogens with one attached hydrogen (secondary N) is 1. The summed E-state index contributed by atoms with van der Waals surface area (Å²) >= 11 is 5.60. The molecule has 0 aromatic carbocycles. The fourth-order valence-corrected chi connectivity index (χ4v) is 1.95. The smallest absolute Gasteiger partial charge is 0.370 e. The summed E-state index contributed by atoms with van der Waals surface area (Å²) in [6, 6.07) is -1.26. The zero-order valence-electron chi connectivity index (χ0n) is 11.6. The normalized spacial score (nSPS) is 28.8. The van der Waals surface area contributed by atoms with Crippen LogP contribution in [0.5, 0.6) is 0 Å². The van der Waals surface area contributed by atoms with E-state index in [1.54, 1.807) is 0 Å². The summed E-state index contributed by atoms with van der Waals surface area (Å²) in [6.07, 6.45) is -5.55. The Morgan fingerprint density at radius 2 is 2.05 bits per heavy atom. The number of hydrogen-bond donors (Lipinski definition) is 6. The number of rotatable bonds is 6. The summed E-state index contributed by atoms with van der Waals surface area (Å²) in [4.78, 5) is 22.6. The molecule has 22 heavy (non-hydrogen) atoms. The number of ether oxygens (including phenoxy) is 1. The first-order valence-electron chi connectivity index (χ1n) is 6.40. The average Bonchev–Trinajstić information content (AvgIpc) is 2.46. The highest BCUT2D eigenvalue weighted by Crippen LogP contribution is 2.23. The van der Waals surface area contributed by atoms with E-state index < -0.39 is 60.1 Å². The Kier molecular flexibility index (Phi) is 6.57. The van der Waals surface area contributed by atoms with Crippen LogP contribution in [0, 0.1) is 0 Å². The van der Waals surface area contributed by atoms with E-state index in [1.807, 2.05) is 0 Å². The van der Waals surface area contributed by atoms with Gasteiger partial charge in [-0.25, -0.2) is 4.79 Å². The summed E-state index contributed by atoms with van der Waals surface area (Å²) in [7, 11) is 0. The van der Waals surface area contributed by atoms with Crippen molar-refractivity contribution in [3.63, 3.8) is 0 Å². The van der Waals surface area contributed by atoms with Crippen LogP contribution in [0.25, 0.3) is 0 Å². The Morgan fingerprint density at radius 3 is 2.50 bits per heavy atom. The Balaban J connectivity index is 3.06. The SMILES string of the molecule is CC(Cl)C(=O)N[C@H]1[C@H]([C@H](O)C(O)CO)OC(C(=O)O)=C[C@@H]1O. The molecule has 1 aliphatic heterocycles. The van der Waals surface area contributed by atoms with Crippen molar-refractivity contribution in [1.82, 2.24) is 5.32 Å². The standard InChI is InChI=1S/C12H18ClNO8/c1-4(13)11(19)14-8-5(16)2-7(12(20)21)22-10(8)9(18)6(17)3-15/h2,4-6,8-10,15-18H,3H2,1H3,(H,14,19)(H,20,21)/t4?,5-,6?,8+,9+,10+/m0/s1. The lowest BCUT2D eigenvalue weighted by molar-refractivity contribution is -0.149. The van der Waals surface area contributed by atoms with E-state index in [-0.39, 0.29) is 0 Å².